The van der Waals surface area contributed by atoms with Crippen LogP contribution in [-0.4, -0.2) is 84.0 Å². The summed E-state index contributed by atoms with van der Waals surface area (Å²) in [5, 5.41) is 20.6. The Morgan fingerprint density at radius 2 is 1.90 bits per heavy atom. The third-order valence-corrected chi connectivity index (χ3v) is 9.30. The van der Waals surface area contributed by atoms with E-state index in [1.807, 2.05) is 18.0 Å². The van der Waals surface area contributed by atoms with E-state index in [1.165, 1.54) is 5.56 Å². The molecule has 8 nitrogen and oxygen atoms in total. The number of nitrogens with zero attached hydrogens (tertiary/aromatic N) is 6. The maximum Gasteiger partial charge on any atom is 0.393 e. The monoisotopic (exact) mass is 562 g/mol. The molecule has 6 rings (SSSR count). The number of likely N-dealkylation sites (tertiary alicyclic amines) is 1. The van der Waals surface area contributed by atoms with Gasteiger partial charge in [-0.15, -0.1) is 11.3 Å². The van der Waals surface area contributed by atoms with Gasteiger partial charge in [0.25, 0.3) is 0 Å². The second kappa shape index (κ2) is 9.76. The Labute approximate surface area is 229 Å². The van der Waals surface area contributed by atoms with Crippen molar-refractivity contribution in [3.8, 4) is 0 Å². The zero-order valence-corrected chi connectivity index (χ0v) is 22.9. The lowest BCUT2D eigenvalue weighted by Gasteiger charge is -2.26. The summed E-state index contributed by atoms with van der Waals surface area (Å²) in [5.41, 5.74) is 3.18. The molecule has 2 aromatic heterocycles. The normalized spacial score (nSPS) is 23.7. The van der Waals surface area contributed by atoms with E-state index >= 15 is 0 Å². The maximum absolute atomic E-state index is 13.0. The number of halogens is 3. The highest BCUT2D eigenvalue weighted by Crippen LogP contribution is 2.44. The van der Waals surface area contributed by atoms with Crippen LogP contribution in [0.4, 0.5) is 30.4 Å². The highest BCUT2D eigenvalue weighted by molar-refractivity contribution is 7.18. The SMILES string of the molecule is Cc1nc(N2CCC3(CCN(Cc4ccc5c(c4)N(C)C(O)N5CCO)C3)C2)c2cc(CC(F)(F)F)sc2n1. The van der Waals surface area contributed by atoms with Gasteiger partial charge in [-0.05, 0) is 50.1 Å². The van der Waals surface area contributed by atoms with Gasteiger partial charge in [-0.2, -0.15) is 13.2 Å². The molecule has 0 saturated carbocycles. The van der Waals surface area contributed by atoms with Crippen molar-refractivity contribution in [2.45, 2.75) is 45.3 Å². The fourth-order valence-electron chi connectivity index (χ4n) is 6.45. The standard InChI is InChI=1S/C27H33F3N6O2S/c1-17-31-23(20-12-19(13-27(28,29)30)39-24(20)32-17)35-8-6-26(16-35)5-7-34(15-26)14-18-3-4-21-22(11-18)33(2)25(38)36(21)9-10-37/h3-4,11-12,25,37-38H,5-10,13-16H2,1-2H3. The highest BCUT2D eigenvalue weighted by atomic mass is 32.1. The largest absolute Gasteiger partial charge is 0.395 e. The Bertz CT molecular complexity index is 1380. The number of anilines is 3. The number of thiophene rings is 1. The number of aromatic nitrogens is 2. The Morgan fingerprint density at radius 1 is 1.10 bits per heavy atom. The number of benzene rings is 1. The highest BCUT2D eigenvalue weighted by Gasteiger charge is 2.44. The zero-order valence-electron chi connectivity index (χ0n) is 22.1. The number of alkyl halides is 3. The van der Waals surface area contributed by atoms with Gasteiger partial charge in [0.15, 0.2) is 0 Å². The Kier molecular flexibility index (Phi) is 6.64. The van der Waals surface area contributed by atoms with Crippen LogP contribution in [0.2, 0.25) is 0 Å². The molecule has 2 N–H and O–H groups in total. The third-order valence-electron chi connectivity index (χ3n) is 8.27. The number of aliphatic hydroxyl groups is 2. The topological polar surface area (TPSA) is 79.2 Å². The average molecular weight is 563 g/mol. The first-order valence-corrected chi connectivity index (χ1v) is 14.1. The second-order valence-corrected chi connectivity index (χ2v) is 12.3. The Hall–Kier alpha value is -2.67. The molecule has 39 heavy (non-hydrogen) atoms. The van der Waals surface area contributed by atoms with Crippen LogP contribution in [0.25, 0.3) is 10.2 Å². The fraction of sp³-hybridized carbons (Fsp3) is 0.556. The van der Waals surface area contributed by atoms with Crippen LogP contribution in [0.5, 0.6) is 0 Å². The number of aryl methyl sites for hydroxylation is 1. The fourth-order valence-corrected chi connectivity index (χ4v) is 7.55. The number of hydrogen-bond acceptors (Lipinski definition) is 9. The second-order valence-electron chi connectivity index (χ2n) is 11.1. The van der Waals surface area contributed by atoms with Crippen LogP contribution >= 0.6 is 11.3 Å². The van der Waals surface area contributed by atoms with Crippen molar-refractivity contribution in [3.05, 3.63) is 40.5 Å². The van der Waals surface area contributed by atoms with Crippen molar-refractivity contribution in [2.24, 2.45) is 5.41 Å². The molecule has 3 aliphatic heterocycles. The first-order chi connectivity index (χ1) is 18.5. The molecule has 0 amide bonds. The van der Waals surface area contributed by atoms with Gasteiger partial charge < -0.3 is 24.9 Å². The smallest absolute Gasteiger partial charge is 0.393 e. The average Bonchev–Trinajstić information content (AvgIpc) is 3.62. The number of hydrogen-bond donors (Lipinski definition) is 2. The van der Waals surface area contributed by atoms with Crippen LogP contribution in [-0.2, 0) is 13.0 Å². The third kappa shape index (κ3) is 5.03. The summed E-state index contributed by atoms with van der Waals surface area (Å²) in [6, 6.07) is 7.86. The van der Waals surface area contributed by atoms with Crippen molar-refractivity contribution in [1.29, 1.82) is 0 Å². The molecule has 2 saturated heterocycles. The molecule has 3 aliphatic rings. The molecule has 2 unspecified atom stereocenters. The van der Waals surface area contributed by atoms with Crippen molar-refractivity contribution in [2.75, 3.05) is 61.1 Å². The van der Waals surface area contributed by atoms with E-state index in [1.54, 1.807) is 17.9 Å². The molecule has 2 fully saturated rings. The summed E-state index contributed by atoms with van der Waals surface area (Å²) in [5.74, 6) is 1.33. The summed E-state index contributed by atoms with van der Waals surface area (Å²) >= 11 is 1.11. The molecule has 0 aliphatic carbocycles. The zero-order chi connectivity index (χ0) is 27.5. The molecule has 12 heteroatoms. The summed E-state index contributed by atoms with van der Waals surface area (Å²) < 4.78 is 39.1. The summed E-state index contributed by atoms with van der Waals surface area (Å²) in [6.07, 6.45) is -3.90. The van der Waals surface area contributed by atoms with E-state index in [-0.39, 0.29) is 16.9 Å². The molecule has 210 valence electrons. The van der Waals surface area contributed by atoms with E-state index in [0.29, 0.717) is 17.2 Å². The molecular formula is C27H33F3N6O2S. The molecule has 2 atom stereocenters. The van der Waals surface area contributed by atoms with Gasteiger partial charge in [-0.25, -0.2) is 9.97 Å². The van der Waals surface area contributed by atoms with Gasteiger partial charge in [-0.1, -0.05) is 6.07 Å². The van der Waals surface area contributed by atoms with Gasteiger partial charge in [-0.3, -0.25) is 4.90 Å². The minimum absolute atomic E-state index is 0.0276. The molecule has 3 aromatic rings. The van der Waals surface area contributed by atoms with E-state index in [9.17, 15) is 23.4 Å². The number of fused-ring (bicyclic) bond motifs is 2. The first kappa shape index (κ1) is 26.5. The van der Waals surface area contributed by atoms with E-state index in [2.05, 4.69) is 31.9 Å². The Morgan fingerprint density at radius 3 is 2.67 bits per heavy atom. The molecule has 1 spiro atoms. The van der Waals surface area contributed by atoms with Crippen LogP contribution < -0.4 is 14.7 Å². The van der Waals surface area contributed by atoms with E-state index in [0.717, 1.165) is 79.5 Å². The minimum Gasteiger partial charge on any atom is -0.395 e. The number of aliphatic hydroxyl groups excluding tert-OH is 2. The molecule has 5 heterocycles. The predicted molar refractivity (Wildman–Crippen MR) is 146 cm³/mol. The quantitative estimate of drug-likeness (QED) is 0.471. The van der Waals surface area contributed by atoms with Crippen LogP contribution in [0.3, 0.4) is 0 Å². The van der Waals surface area contributed by atoms with Gasteiger partial charge in [0, 0.05) is 50.1 Å². The number of β-amino-alcohol motifs (C(OH)–C–C–N with tert-alkyl or cyclic N) is 1. The lowest BCUT2D eigenvalue weighted by molar-refractivity contribution is -0.126. The molecular weight excluding hydrogens is 529 g/mol. The maximum atomic E-state index is 13.0. The minimum atomic E-state index is -4.25. The summed E-state index contributed by atoms with van der Waals surface area (Å²) in [7, 11) is 1.86. The van der Waals surface area contributed by atoms with Gasteiger partial charge in [0.05, 0.1) is 29.8 Å². The van der Waals surface area contributed by atoms with Crippen LogP contribution in [0, 0.1) is 12.3 Å². The summed E-state index contributed by atoms with van der Waals surface area (Å²) in [6.45, 7) is 6.53. The van der Waals surface area contributed by atoms with E-state index < -0.39 is 18.9 Å². The molecule has 0 radical (unpaired) electrons. The molecule has 1 aromatic carbocycles. The van der Waals surface area contributed by atoms with Crippen molar-refractivity contribution in [3.63, 3.8) is 0 Å². The van der Waals surface area contributed by atoms with Crippen LogP contribution in [0.1, 0.15) is 29.1 Å². The van der Waals surface area contributed by atoms with E-state index in [4.69, 9.17) is 0 Å². The first-order valence-electron chi connectivity index (χ1n) is 13.3. The van der Waals surface area contributed by atoms with Crippen molar-refractivity contribution >= 4 is 38.7 Å². The summed E-state index contributed by atoms with van der Waals surface area (Å²) in [4.78, 5) is 18.3. The van der Waals surface area contributed by atoms with Crippen molar-refractivity contribution in [1.82, 2.24) is 14.9 Å². The Balaban J connectivity index is 1.16. The van der Waals surface area contributed by atoms with Gasteiger partial charge in [0.2, 0.25) is 6.35 Å². The lowest BCUT2D eigenvalue weighted by Crippen LogP contribution is -2.42. The molecule has 0 bridgehead atoms. The van der Waals surface area contributed by atoms with Gasteiger partial charge >= 0.3 is 6.18 Å². The van der Waals surface area contributed by atoms with Crippen molar-refractivity contribution < 1.29 is 23.4 Å². The van der Waals surface area contributed by atoms with Gasteiger partial charge in [0.1, 0.15) is 16.5 Å². The lowest BCUT2D eigenvalue weighted by atomic mass is 9.86. The predicted octanol–water partition coefficient (Wildman–Crippen LogP) is 3.73. The number of rotatable bonds is 6. The van der Waals surface area contributed by atoms with Crippen LogP contribution in [0.15, 0.2) is 24.3 Å².